The molecule has 3 heteroatoms. The van der Waals surface area contributed by atoms with Gasteiger partial charge in [-0.05, 0) is 24.6 Å². The second kappa shape index (κ2) is 4.86. The van der Waals surface area contributed by atoms with E-state index in [0.29, 0.717) is 0 Å². The highest BCUT2D eigenvalue weighted by atomic mass is 16.3. The molecule has 0 spiro atoms. The van der Waals surface area contributed by atoms with Crippen LogP contribution in [0.15, 0.2) is 30.5 Å². The van der Waals surface area contributed by atoms with Gasteiger partial charge < -0.3 is 5.11 Å². The van der Waals surface area contributed by atoms with Crippen LogP contribution in [-0.4, -0.2) is 14.9 Å². The van der Waals surface area contributed by atoms with E-state index in [4.69, 9.17) is 5.11 Å². The maximum Gasteiger partial charge on any atom is 0.0750 e. The van der Waals surface area contributed by atoms with Gasteiger partial charge in [-0.3, -0.25) is 4.68 Å². The molecule has 2 aromatic rings. The predicted molar refractivity (Wildman–Crippen MR) is 66.3 cm³/mol. The Morgan fingerprint density at radius 1 is 1.35 bits per heavy atom. The molecule has 0 aliphatic rings. The molecule has 1 aromatic heterocycles. The Bertz CT molecular complexity index is 588. The molecule has 0 atom stereocenters. The van der Waals surface area contributed by atoms with Crippen LogP contribution in [0.3, 0.4) is 0 Å². The van der Waals surface area contributed by atoms with Crippen molar-refractivity contribution in [2.24, 2.45) is 7.05 Å². The van der Waals surface area contributed by atoms with Crippen LogP contribution in [0.2, 0.25) is 0 Å². The number of rotatable bonds is 1. The molecule has 1 heterocycles. The molecule has 0 amide bonds. The molecule has 17 heavy (non-hydrogen) atoms. The first-order chi connectivity index (χ1) is 8.19. The van der Waals surface area contributed by atoms with Gasteiger partial charge in [0.15, 0.2) is 0 Å². The zero-order valence-electron chi connectivity index (χ0n) is 9.94. The molecule has 3 nitrogen and oxygen atoms in total. The lowest BCUT2D eigenvalue weighted by molar-refractivity contribution is 0.282. The van der Waals surface area contributed by atoms with E-state index in [-0.39, 0.29) is 6.61 Å². The van der Waals surface area contributed by atoms with E-state index < -0.39 is 0 Å². The summed E-state index contributed by atoms with van der Waals surface area (Å²) in [6, 6.07) is 7.59. The largest absolute Gasteiger partial charge is 0.392 e. The second-order valence-corrected chi connectivity index (χ2v) is 3.91. The van der Waals surface area contributed by atoms with Crippen molar-refractivity contribution in [1.82, 2.24) is 9.78 Å². The Morgan fingerprint density at radius 3 is 2.82 bits per heavy atom. The van der Waals surface area contributed by atoms with Crippen molar-refractivity contribution in [3.63, 3.8) is 0 Å². The number of hydrogen-bond acceptors (Lipinski definition) is 2. The van der Waals surface area contributed by atoms with Crippen LogP contribution in [0, 0.1) is 18.8 Å². The normalized spacial score (nSPS) is 9.82. The highest BCUT2D eigenvalue weighted by Crippen LogP contribution is 2.06. The summed E-state index contributed by atoms with van der Waals surface area (Å²) in [5.74, 6) is 6.16. The first kappa shape index (κ1) is 11.4. The minimum absolute atomic E-state index is 0.0431. The SMILES string of the molecule is Cc1nn(C)cc1C#Cc1cccc(CO)c1. The maximum atomic E-state index is 9.03. The van der Waals surface area contributed by atoms with Crippen molar-refractivity contribution in [2.75, 3.05) is 0 Å². The number of nitrogens with zero attached hydrogens (tertiary/aromatic N) is 2. The van der Waals surface area contributed by atoms with Crippen LogP contribution in [-0.2, 0) is 13.7 Å². The Kier molecular flexibility index (Phi) is 3.27. The Hall–Kier alpha value is -2.05. The number of aliphatic hydroxyl groups is 1. The summed E-state index contributed by atoms with van der Waals surface area (Å²) < 4.78 is 1.75. The van der Waals surface area contributed by atoms with Gasteiger partial charge in [0.2, 0.25) is 0 Å². The van der Waals surface area contributed by atoms with Gasteiger partial charge in [0.1, 0.15) is 0 Å². The first-order valence-electron chi connectivity index (χ1n) is 5.41. The summed E-state index contributed by atoms with van der Waals surface area (Å²) in [6.07, 6.45) is 1.90. The van der Waals surface area contributed by atoms with Crippen LogP contribution >= 0.6 is 0 Å². The predicted octanol–water partition coefficient (Wildman–Crippen LogP) is 1.62. The number of aryl methyl sites for hydroxylation is 2. The maximum absolute atomic E-state index is 9.03. The zero-order chi connectivity index (χ0) is 12.3. The molecule has 0 radical (unpaired) electrons. The molecule has 0 aliphatic carbocycles. The fraction of sp³-hybridized carbons (Fsp3) is 0.214. The average molecular weight is 226 g/mol. The van der Waals surface area contributed by atoms with Gasteiger partial charge in [-0.1, -0.05) is 24.0 Å². The van der Waals surface area contributed by atoms with Crippen molar-refractivity contribution >= 4 is 0 Å². The quantitative estimate of drug-likeness (QED) is 0.750. The van der Waals surface area contributed by atoms with Crippen LogP contribution in [0.4, 0.5) is 0 Å². The van der Waals surface area contributed by atoms with E-state index in [1.54, 1.807) is 4.68 Å². The van der Waals surface area contributed by atoms with Crippen molar-refractivity contribution < 1.29 is 5.11 Å². The average Bonchev–Trinajstić information content (AvgIpc) is 2.65. The molecule has 0 saturated carbocycles. The number of aromatic nitrogens is 2. The van der Waals surface area contributed by atoms with Gasteiger partial charge in [-0.25, -0.2) is 0 Å². The fourth-order valence-electron chi connectivity index (χ4n) is 1.61. The number of benzene rings is 1. The van der Waals surface area contributed by atoms with E-state index in [0.717, 1.165) is 22.4 Å². The Balaban J connectivity index is 2.29. The molecule has 0 bridgehead atoms. The molecule has 0 fully saturated rings. The molecule has 1 aromatic carbocycles. The summed E-state index contributed by atoms with van der Waals surface area (Å²) in [4.78, 5) is 0. The fourth-order valence-corrected chi connectivity index (χ4v) is 1.61. The summed E-state index contributed by atoms with van der Waals surface area (Å²) in [7, 11) is 1.88. The highest BCUT2D eigenvalue weighted by Gasteiger charge is 1.98. The topological polar surface area (TPSA) is 38.0 Å². The van der Waals surface area contributed by atoms with Gasteiger partial charge in [0.05, 0.1) is 17.9 Å². The van der Waals surface area contributed by atoms with Gasteiger partial charge >= 0.3 is 0 Å². The summed E-state index contributed by atoms with van der Waals surface area (Å²) >= 11 is 0. The molecular weight excluding hydrogens is 212 g/mol. The molecule has 0 unspecified atom stereocenters. The van der Waals surface area contributed by atoms with E-state index in [1.807, 2.05) is 44.4 Å². The van der Waals surface area contributed by atoms with E-state index in [9.17, 15) is 0 Å². The molecule has 1 N–H and O–H groups in total. The van der Waals surface area contributed by atoms with E-state index in [2.05, 4.69) is 16.9 Å². The van der Waals surface area contributed by atoms with Gasteiger partial charge in [-0.15, -0.1) is 0 Å². The van der Waals surface area contributed by atoms with Crippen LogP contribution in [0.25, 0.3) is 0 Å². The third-order valence-corrected chi connectivity index (χ3v) is 2.46. The Labute approximate surface area is 101 Å². The van der Waals surface area contributed by atoms with Gasteiger partial charge in [0.25, 0.3) is 0 Å². The van der Waals surface area contributed by atoms with Crippen LogP contribution < -0.4 is 0 Å². The van der Waals surface area contributed by atoms with Crippen molar-refractivity contribution in [3.05, 3.63) is 52.8 Å². The Morgan fingerprint density at radius 2 is 2.18 bits per heavy atom. The molecule has 0 saturated heterocycles. The number of hydrogen-bond donors (Lipinski definition) is 1. The van der Waals surface area contributed by atoms with Crippen LogP contribution in [0.1, 0.15) is 22.4 Å². The molecule has 2 rings (SSSR count). The smallest absolute Gasteiger partial charge is 0.0750 e. The van der Waals surface area contributed by atoms with E-state index in [1.165, 1.54) is 0 Å². The van der Waals surface area contributed by atoms with Gasteiger partial charge in [-0.2, -0.15) is 5.10 Å². The minimum atomic E-state index is 0.0431. The van der Waals surface area contributed by atoms with Gasteiger partial charge in [0, 0.05) is 18.8 Å². The lowest BCUT2D eigenvalue weighted by Crippen LogP contribution is -1.86. The van der Waals surface area contributed by atoms with Crippen molar-refractivity contribution in [3.8, 4) is 11.8 Å². The molecular formula is C14H14N2O. The summed E-state index contributed by atoms with van der Waals surface area (Å²) in [6.45, 7) is 1.98. The summed E-state index contributed by atoms with van der Waals surface area (Å²) in [5, 5.41) is 13.3. The van der Waals surface area contributed by atoms with Crippen molar-refractivity contribution in [2.45, 2.75) is 13.5 Å². The third-order valence-electron chi connectivity index (χ3n) is 2.46. The highest BCUT2D eigenvalue weighted by molar-refractivity contribution is 5.44. The second-order valence-electron chi connectivity index (χ2n) is 3.91. The standard InChI is InChI=1S/C14H14N2O/c1-11-14(9-16(2)15-11)7-6-12-4-3-5-13(8-12)10-17/h3-5,8-9,17H,10H2,1-2H3. The number of aliphatic hydroxyl groups excluding tert-OH is 1. The van der Waals surface area contributed by atoms with Crippen molar-refractivity contribution in [1.29, 1.82) is 0 Å². The third kappa shape index (κ3) is 2.74. The summed E-state index contributed by atoms with van der Waals surface area (Å²) in [5.41, 5.74) is 3.64. The van der Waals surface area contributed by atoms with Crippen LogP contribution in [0.5, 0.6) is 0 Å². The molecule has 0 aliphatic heterocycles. The minimum Gasteiger partial charge on any atom is -0.392 e. The zero-order valence-corrected chi connectivity index (χ0v) is 9.94. The lowest BCUT2D eigenvalue weighted by Gasteiger charge is -1.95. The first-order valence-corrected chi connectivity index (χ1v) is 5.41. The monoisotopic (exact) mass is 226 g/mol. The van der Waals surface area contributed by atoms with E-state index >= 15 is 0 Å². The molecule has 86 valence electrons. The lowest BCUT2D eigenvalue weighted by atomic mass is 10.1.